The van der Waals surface area contributed by atoms with Crippen LogP contribution in [0.3, 0.4) is 0 Å². The van der Waals surface area contributed by atoms with Crippen molar-refractivity contribution in [3.63, 3.8) is 0 Å². The molecule has 0 saturated heterocycles. The fourth-order valence-electron chi connectivity index (χ4n) is 8.24. The first-order chi connectivity index (χ1) is 12.4. The molecule has 4 fully saturated rings. The second-order valence-electron chi connectivity index (χ2n) is 10.5. The van der Waals surface area contributed by atoms with E-state index in [-0.39, 0.29) is 0 Å². The second-order valence-corrected chi connectivity index (χ2v) is 10.5. The Balaban J connectivity index is 1.52. The Morgan fingerprint density at radius 3 is 2.50 bits per heavy atom. The summed E-state index contributed by atoms with van der Waals surface area (Å²) in [5.74, 6) is 4.16. The standard InChI is InChI=1S/C24H38O2/c1-5-14-26-18-10-12-23(3)17(15-18)6-7-19-21-9-8-20(16(2)25)24(21,4)13-11-22(19)23/h5,17-22H,1,6-15H2,2-4H3/t17-,18-,19?,20+,21?,22?,23-,24?/m0/s1. The molecule has 0 N–H and O–H groups in total. The summed E-state index contributed by atoms with van der Waals surface area (Å²) in [6.07, 6.45) is 14.0. The van der Waals surface area contributed by atoms with Crippen molar-refractivity contribution in [1.82, 2.24) is 0 Å². The number of rotatable bonds is 4. The summed E-state index contributed by atoms with van der Waals surface area (Å²) < 4.78 is 6.03. The van der Waals surface area contributed by atoms with Crippen LogP contribution in [-0.4, -0.2) is 18.5 Å². The number of carbonyl (C=O) groups excluding carboxylic acids is 1. The van der Waals surface area contributed by atoms with E-state index in [9.17, 15) is 4.79 Å². The van der Waals surface area contributed by atoms with Crippen molar-refractivity contribution in [1.29, 1.82) is 0 Å². The summed E-state index contributed by atoms with van der Waals surface area (Å²) in [4.78, 5) is 12.3. The first-order valence-electron chi connectivity index (χ1n) is 11.1. The van der Waals surface area contributed by atoms with Crippen molar-refractivity contribution >= 4 is 5.78 Å². The molecule has 2 nitrogen and oxygen atoms in total. The molecule has 4 aliphatic carbocycles. The van der Waals surface area contributed by atoms with Crippen LogP contribution in [0, 0.1) is 40.4 Å². The fraction of sp³-hybridized carbons (Fsp3) is 0.875. The average Bonchev–Trinajstić information content (AvgIpc) is 2.97. The van der Waals surface area contributed by atoms with Gasteiger partial charge in [0.25, 0.3) is 0 Å². The van der Waals surface area contributed by atoms with Crippen molar-refractivity contribution in [2.75, 3.05) is 6.61 Å². The number of hydrogen-bond donors (Lipinski definition) is 0. The number of carbonyl (C=O) groups is 1. The number of Topliss-reactive ketones (excluding diaryl/α,β-unsaturated/α-hetero) is 1. The van der Waals surface area contributed by atoms with Crippen LogP contribution >= 0.6 is 0 Å². The van der Waals surface area contributed by atoms with Gasteiger partial charge in [-0.1, -0.05) is 19.9 Å². The Bertz CT molecular complexity index is 569. The molecule has 146 valence electrons. The van der Waals surface area contributed by atoms with Crippen LogP contribution in [0.4, 0.5) is 0 Å². The highest BCUT2D eigenvalue weighted by atomic mass is 16.5. The molecule has 4 unspecified atom stereocenters. The third-order valence-electron chi connectivity index (χ3n) is 9.56. The monoisotopic (exact) mass is 358 g/mol. The van der Waals surface area contributed by atoms with E-state index in [1.165, 1.54) is 51.4 Å². The van der Waals surface area contributed by atoms with Crippen molar-refractivity contribution in [2.24, 2.45) is 40.4 Å². The van der Waals surface area contributed by atoms with E-state index in [2.05, 4.69) is 20.4 Å². The van der Waals surface area contributed by atoms with Gasteiger partial charge in [0, 0.05) is 5.92 Å². The molecule has 0 aromatic rings. The molecular formula is C24H38O2. The molecule has 0 heterocycles. The van der Waals surface area contributed by atoms with Crippen LogP contribution in [0.15, 0.2) is 12.7 Å². The van der Waals surface area contributed by atoms with Crippen molar-refractivity contribution in [2.45, 2.75) is 84.7 Å². The fourth-order valence-corrected chi connectivity index (χ4v) is 8.24. The van der Waals surface area contributed by atoms with E-state index < -0.39 is 0 Å². The molecule has 0 aliphatic heterocycles. The van der Waals surface area contributed by atoms with Gasteiger partial charge in [-0.25, -0.2) is 0 Å². The molecular weight excluding hydrogens is 320 g/mol. The lowest BCUT2D eigenvalue weighted by atomic mass is 9.44. The number of hydrogen-bond acceptors (Lipinski definition) is 2. The SMILES string of the molecule is C=CCO[C@H]1CC[C@]2(C)C3CCC4(C)C(CC[C@@H]4C(C)=O)C3CC[C@H]2C1. The van der Waals surface area contributed by atoms with Gasteiger partial charge in [0.1, 0.15) is 5.78 Å². The van der Waals surface area contributed by atoms with E-state index in [1.807, 2.05) is 13.0 Å². The minimum Gasteiger partial charge on any atom is -0.374 e. The smallest absolute Gasteiger partial charge is 0.133 e. The molecule has 8 atom stereocenters. The summed E-state index contributed by atoms with van der Waals surface area (Å²) in [5, 5.41) is 0. The van der Waals surface area contributed by atoms with Crippen LogP contribution in [0.1, 0.15) is 78.6 Å². The number of ether oxygens (including phenoxy) is 1. The summed E-state index contributed by atoms with van der Waals surface area (Å²) in [5.41, 5.74) is 0.799. The van der Waals surface area contributed by atoms with Gasteiger partial charge in [-0.3, -0.25) is 4.79 Å². The third kappa shape index (κ3) is 2.74. The molecule has 0 aromatic carbocycles. The minimum atomic E-state index is 0.292. The zero-order valence-electron chi connectivity index (χ0n) is 17.1. The molecule has 0 bridgehead atoms. The Hall–Kier alpha value is -0.630. The summed E-state index contributed by atoms with van der Waals surface area (Å²) in [6.45, 7) is 11.4. The predicted molar refractivity (Wildman–Crippen MR) is 106 cm³/mol. The highest BCUT2D eigenvalue weighted by Gasteiger charge is 2.60. The summed E-state index contributed by atoms with van der Waals surface area (Å²) >= 11 is 0. The normalized spacial score (nSPS) is 50.4. The molecule has 0 aromatic heterocycles. The highest BCUT2D eigenvalue weighted by molar-refractivity contribution is 5.79. The number of fused-ring (bicyclic) bond motifs is 5. The Labute approximate surface area is 160 Å². The van der Waals surface area contributed by atoms with Crippen molar-refractivity contribution in [3.05, 3.63) is 12.7 Å². The van der Waals surface area contributed by atoms with E-state index in [1.54, 1.807) is 0 Å². The van der Waals surface area contributed by atoms with Gasteiger partial charge in [0.05, 0.1) is 12.7 Å². The Morgan fingerprint density at radius 1 is 1.04 bits per heavy atom. The first-order valence-corrected chi connectivity index (χ1v) is 11.1. The summed E-state index contributed by atoms with van der Waals surface area (Å²) in [7, 11) is 0. The number of ketones is 1. The minimum absolute atomic E-state index is 0.292. The molecule has 4 rings (SSSR count). The lowest BCUT2D eigenvalue weighted by Gasteiger charge is -2.61. The van der Waals surface area contributed by atoms with Crippen molar-refractivity contribution < 1.29 is 9.53 Å². The van der Waals surface area contributed by atoms with Crippen LogP contribution < -0.4 is 0 Å². The molecule has 0 amide bonds. The third-order valence-corrected chi connectivity index (χ3v) is 9.56. The van der Waals surface area contributed by atoms with Crippen LogP contribution in [-0.2, 0) is 9.53 Å². The molecule has 2 heteroatoms. The molecule has 4 saturated carbocycles. The summed E-state index contributed by atoms with van der Waals surface area (Å²) in [6, 6.07) is 0. The van der Waals surface area contributed by atoms with Crippen LogP contribution in [0.5, 0.6) is 0 Å². The van der Waals surface area contributed by atoms with E-state index in [0.29, 0.717) is 35.2 Å². The maximum atomic E-state index is 12.3. The molecule has 0 spiro atoms. The first kappa shape index (κ1) is 18.7. The second kappa shape index (κ2) is 6.76. The quantitative estimate of drug-likeness (QED) is 0.593. The van der Waals surface area contributed by atoms with Gasteiger partial charge in [-0.05, 0) is 99.2 Å². The van der Waals surface area contributed by atoms with Gasteiger partial charge in [-0.2, -0.15) is 0 Å². The molecule has 4 aliphatic rings. The lowest BCUT2D eigenvalue weighted by molar-refractivity contribution is -0.141. The highest BCUT2D eigenvalue weighted by Crippen LogP contribution is 2.67. The zero-order valence-corrected chi connectivity index (χ0v) is 17.1. The molecule has 0 radical (unpaired) electrons. The average molecular weight is 359 g/mol. The van der Waals surface area contributed by atoms with Crippen LogP contribution in [0.25, 0.3) is 0 Å². The largest absolute Gasteiger partial charge is 0.374 e. The molecule has 26 heavy (non-hydrogen) atoms. The maximum Gasteiger partial charge on any atom is 0.133 e. The van der Waals surface area contributed by atoms with Crippen molar-refractivity contribution in [3.8, 4) is 0 Å². The zero-order chi connectivity index (χ0) is 18.5. The van der Waals surface area contributed by atoms with Gasteiger partial charge >= 0.3 is 0 Å². The van der Waals surface area contributed by atoms with Gasteiger partial charge in [0.15, 0.2) is 0 Å². The Morgan fingerprint density at radius 2 is 1.77 bits per heavy atom. The predicted octanol–water partition coefficient (Wildman–Crippen LogP) is 5.81. The van der Waals surface area contributed by atoms with Gasteiger partial charge < -0.3 is 4.74 Å². The van der Waals surface area contributed by atoms with E-state index in [0.717, 1.165) is 30.1 Å². The lowest BCUT2D eigenvalue weighted by Crippen LogP contribution is -2.54. The van der Waals surface area contributed by atoms with Gasteiger partial charge in [0.2, 0.25) is 0 Å². The Kier molecular flexibility index (Phi) is 4.87. The maximum absolute atomic E-state index is 12.3. The van der Waals surface area contributed by atoms with E-state index in [4.69, 9.17) is 4.74 Å². The van der Waals surface area contributed by atoms with Crippen LogP contribution in [0.2, 0.25) is 0 Å². The van der Waals surface area contributed by atoms with E-state index >= 15 is 0 Å². The topological polar surface area (TPSA) is 26.3 Å². The van der Waals surface area contributed by atoms with Gasteiger partial charge in [-0.15, -0.1) is 6.58 Å².